The standard InChI is InChI=1S/C18H26N2O3/c1-22-16-4-5-17-14(10-16)9-15(12-23-17)18(21)20-8-6-13-3-2-7-19-11-13/h4-5,10,13,15,19H,2-3,6-9,11-12H2,1H3,(H,20,21). The van der Waals surface area contributed by atoms with Gasteiger partial charge in [-0.05, 0) is 68.5 Å². The van der Waals surface area contributed by atoms with Gasteiger partial charge in [-0.2, -0.15) is 0 Å². The number of fused-ring (bicyclic) bond motifs is 1. The van der Waals surface area contributed by atoms with E-state index in [0.29, 0.717) is 18.9 Å². The van der Waals surface area contributed by atoms with E-state index in [0.717, 1.165) is 43.1 Å². The summed E-state index contributed by atoms with van der Waals surface area (Å²) in [6.07, 6.45) is 4.27. The van der Waals surface area contributed by atoms with Gasteiger partial charge in [0.1, 0.15) is 18.1 Å². The fourth-order valence-electron chi connectivity index (χ4n) is 3.38. The molecule has 0 bridgehead atoms. The molecule has 5 nitrogen and oxygen atoms in total. The van der Waals surface area contributed by atoms with E-state index < -0.39 is 0 Å². The molecule has 1 aromatic rings. The van der Waals surface area contributed by atoms with E-state index in [1.807, 2.05) is 18.2 Å². The summed E-state index contributed by atoms with van der Waals surface area (Å²) in [5.74, 6) is 2.35. The number of carbonyl (C=O) groups excluding carboxylic acids is 1. The van der Waals surface area contributed by atoms with Crippen molar-refractivity contribution < 1.29 is 14.3 Å². The number of nitrogens with one attached hydrogen (secondary N) is 2. The number of piperidine rings is 1. The molecule has 2 aliphatic heterocycles. The number of rotatable bonds is 5. The van der Waals surface area contributed by atoms with Gasteiger partial charge in [-0.25, -0.2) is 0 Å². The molecule has 2 aliphatic rings. The number of methoxy groups -OCH3 is 1. The lowest BCUT2D eigenvalue weighted by Crippen LogP contribution is -2.39. The van der Waals surface area contributed by atoms with Crippen molar-refractivity contribution >= 4 is 5.91 Å². The molecular weight excluding hydrogens is 292 g/mol. The highest BCUT2D eigenvalue weighted by atomic mass is 16.5. The second-order valence-electron chi connectivity index (χ2n) is 6.48. The Bertz CT molecular complexity index is 541. The van der Waals surface area contributed by atoms with Gasteiger partial charge in [-0.1, -0.05) is 0 Å². The van der Waals surface area contributed by atoms with Crippen molar-refractivity contribution in [2.75, 3.05) is 33.4 Å². The van der Waals surface area contributed by atoms with Crippen LogP contribution in [-0.4, -0.2) is 39.3 Å². The lowest BCUT2D eigenvalue weighted by atomic mass is 9.94. The largest absolute Gasteiger partial charge is 0.497 e. The maximum absolute atomic E-state index is 12.4. The molecule has 1 amide bonds. The van der Waals surface area contributed by atoms with Crippen molar-refractivity contribution in [2.24, 2.45) is 11.8 Å². The highest BCUT2D eigenvalue weighted by molar-refractivity contribution is 5.79. The van der Waals surface area contributed by atoms with Crippen molar-refractivity contribution in [3.63, 3.8) is 0 Å². The Balaban J connectivity index is 1.48. The van der Waals surface area contributed by atoms with Gasteiger partial charge in [0.15, 0.2) is 0 Å². The van der Waals surface area contributed by atoms with Crippen molar-refractivity contribution in [3.8, 4) is 11.5 Å². The smallest absolute Gasteiger partial charge is 0.226 e. The first-order valence-electron chi connectivity index (χ1n) is 8.54. The molecular formula is C18H26N2O3. The van der Waals surface area contributed by atoms with Gasteiger partial charge >= 0.3 is 0 Å². The van der Waals surface area contributed by atoms with Crippen LogP contribution < -0.4 is 20.1 Å². The van der Waals surface area contributed by atoms with E-state index in [4.69, 9.17) is 9.47 Å². The van der Waals surface area contributed by atoms with Gasteiger partial charge in [0, 0.05) is 6.54 Å². The monoisotopic (exact) mass is 318 g/mol. The Morgan fingerprint density at radius 2 is 2.39 bits per heavy atom. The van der Waals surface area contributed by atoms with Crippen LogP contribution in [0.5, 0.6) is 11.5 Å². The molecule has 0 aromatic heterocycles. The summed E-state index contributed by atoms with van der Waals surface area (Å²) in [4.78, 5) is 12.4. The molecule has 2 unspecified atom stereocenters. The van der Waals surface area contributed by atoms with E-state index in [-0.39, 0.29) is 11.8 Å². The topological polar surface area (TPSA) is 59.6 Å². The molecule has 0 aliphatic carbocycles. The number of amides is 1. The van der Waals surface area contributed by atoms with Crippen molar-refractivity contribution in [1.29, 1.82) is 0 Å². The fraction of sp³-hybridized carbons (Fsp3) is 0.611. The molecule has 2 heterocycles. The summed E-state index contributed by atoms with van der Waals surface area (Å²) < 4.78 is 11.0. The zero-order valence-electron chi connectivity index (χ0n) is 13.8. The van der Waals surface area contributed by atoms with Crippen LogP contribution in [0.4, 0.5) is 0 Å². The van der Waals surface area contributed by atoms with Gasteiger partial charge < -0.3 is 20.1 Å². The highest BCUT2D eigenvalue weighted by Gasteiger charge is 2.26. The third-order valence-corrected chi connectivity index (χ3v) is 4.80. The van der Waals surface area contributed by atoms with Crippen LogP contribution in [-0.2, 0) is 11.2 Å². The molecule has 0 spiro atoms. The first-order valence-corrected chi connectivity index (χ1v) is 8.54. The van der Waals surface area contributed by atoms with Crippen LogP contribution in [0.3, 0.4) is 0 Å². The normalized spacial score (nSPS) is 23.5. The predicted molar refractivity (Wildman–Crippen MR) is 88.9 cm³/mol. The van der Waals surface area contributed by atoms with Gasteiger partial charge in [0.25, 0.3) is 0 Å². The van der Waals surface area contributed by atoms with Crippen LogP contribution in [0.15, 0.2) is 18.2 Å². The SMILES string of the molecule is COc1ccc2c(c1)CC(C(=O)NCCC1CCCNC1)CO2. The summed E-state index contributed by atoms with van der Waals surface area (Å²) in [7, 11) is 1.65. The minimum Gasteiger partial charge on any atom is -0.497 e. The Morgan fingerprint density at radius 3 is 3.17 bits per heavy atom. The summed E-state index contributed by atoms with van der Waals surface area (Å²) >= 11 is 0. The van der Waals surface area contributed by atoms with Crippen LogP contribution in [0.1, 0.15) is 24.8 Å². The van der Waals surface area contributed by atoms with E-state index in [2.05, 4.69) is 10.6 Å². The predicted octanol–water partition coefficient (Wildman–Crippen LogP) is 1.75. The van der Waals surface area contributed by atoms with Gasteiger partial charge in [-0.3, -0.25) is 4.79 Å². The summed E-state index contributed by atoms with van der Waals surface area (Å²) in [6.45, 7) is 3.42. The number of benzene rings is 1. The lowest BCUT2D eigenvalue weighted by molar-refractivity contribution is -0.126. The van der Waals surface area contributed by atoms with E-state index in [1.54, 1.807) is 7.11 Å². The molecule has 5 heteroatoms. The van der Waals surface area contributed by atoms with E-state index in [9.17, 15) is 4.79 Å². The molecule has 1 aromatic carbocycles. The van der Waals surface area contributed by atoms with E-state index in [1.165, 1.54) is 12.8 Å². The Labute approximate surface area is 137 Å². The Hall–Kier alpha value is -1.75. The quantitative estimate of drug-likeness (QED) is 0.868. The second kappa shape index (κ2) is 7.68. The molecule has 3 rings (SSSR count). The van der Waals surface area contributed by atoms with Crippen molar-refractivity contribution in [1.82, 2.24) is 10.6 Å². The maximum atomic E-state index is 12.4. The highest BCUT2D eigenvalue weighted by Crippen LogP contribution is 2.30. The molecule has 1 saturated heterocycles. The summed E-state index contributed by atoms with van der Waals surface area (Å²) in [5.41, 5.74) is 1.05. The minimum absolute atomic E-state index is 0.0993. The molecule has 2 N–H and O–H groups in total. The molecule has 2 atom stereocenters. The number of carbonyl (C=O) groups is 1. The fourth-order valence-corrected chi connectivity index (χ4v) is 3.38. The zero-order valence-corrected chi connectivity index (χ0v) is 13.8. The first-order chi connectivity index (χ1) is 11.3. The average Bonchev–Trinajstić information content (AvgIpc) is 2.61. The van der Waals surface area contributed by atoms with E-state index >= 15 is 0 Å². The van der Waals surface area contributed by atoms with Gasteiger partial charge in [-0.15, -0.1) is 0 Å². The summed E-state index contributed by atoms with van der Waals surface area (Å²) in [5, 5.41) is 6.49. The average molecular weight is 318 g/mol. The maximum Gasteiger partial charge on any atom is 0.226 e. The summed E-state index contributed by atoms with van der Waals surface area (Å²) in [6, 6.07) is 5.76. The number of hydrogen-bond acceptors (Lipinski definition) is 4. The lowest BCUT2D eigenvalue weighted by Gasteiger charge is -2.26. The minimum atomic E-state index is -0.112. The van der Waals surface area contributed by atoms with Crippen molar-refractivity contribution in [3.05, 3.63) is 23.8 Å². The van der Waals surface area contributed by atoms with Crippen LogP contribution in [0, 0.1) is 11.8 Å². The number of hydrogen-bond donors (Lipinski definition) is 2. The van der Waals surface area contributed by atoms with Crippen LogP contribution >= 0.6 is 0 Å². The van der Waals surface area contributed by atoms with Crippen LogP contribution in [0.25, 0.3) is 0 Å². The molecule has 0 saturated carbocycles. The van der Waals surface area contributed by atoms with Gasteiger partial charge in [0.2, 0.25) is 5.91 Å². The third-order valence-electron chi connectivity index (χ3n) is 4.80. The molecule has 0 radical (unpaired) electrons. The first kappa shape index (κ1) is 16.1. The molecule has 1 fully saturated rings. The van der Waals surface area contributed by atoms with Gasteiger partial charge in [0.05, 0.1) is 13.0 Å². The third kappa shape index (κ3) is 4.16. The Kier molecular flexibility index (Phi) is 5.39. The molecule has 23 heavy (non-hydrogen) atoms. The zero-order chi connectivity index (χ0) is 16.1. The van der Waals surface area contributed by atoms with Crippen molar-refractivity contribution in [2.45, 2.75) is 25.7 Å². The second-order valence-corrected chi connectivity index (χ2v) is 6.48. The Morgan fingerprint density at radius 1 is 1.48 bits per heavy atom. The number of ether oxygens (including phenoxy) is 2. The molecule has 126 valence electrons. The van der Waals surface area contributed by atoms with Crippen LogP contribution in [0.2, 0.25) is 0 Å².